The van der Waals surface area contributed by atoms with E-state index in [1.165, 1.54) is 0 Å². The number of ether oxygens (including phenoxy) is 1. The van der Waals surface area contributed by atoms with Crippen molar-refractivity contribution in [2.45, 2.75) is 71.5 Å². The molecule has 1 atom stereocenters. The molecule has 4 rings (SSSR count). The summed E-state index contributed by atoms with van der Waals surface area (Å²) in [5.74, 6) is 2.17. The molecule has 196 valence electrons. The van der Waals surface area contributed by atoms with Crippen LogP contribution < -0.4 is 15.4 Å². The number of nitrogens with zero attached hydrogens (tertiary/aromatic N) is 3. The summed E-state index contributed by atoms with van der Waals surface area (Å²) in [6, 6.07) is 13.4. The zero-order valence-electron chi connectivity index (χ0n) is 22.4. The van der Waals surface area contributed by atoms with Crippen LogP contribution in [0, 0.1) is 13.8 Å². The summed E-state index contributed by atoms with van der Waals surface area (Å²) in [5, 5.41) is 12.1. The van der Waals surface area contributed by atoms with Gasteiger partial charge in [-0.15, -0.1) is 5.10 Å². The van der Waals surface area contributed by atoms with Crippen molar-refractivity contribution >= 4 is 29.3 Å². The fourth-order valence-electron chi connectivity index (χ4n) is 4.32. The maximum Gasteiger partial charge on any atom is 0.255 e. The van der Waals surface area contributed by atoms with Crippen LogP contribution in [-0.2, 0) is 4.79 Å². The predicted octanol–water partition coefficient (Wildman–Crippen LogP) is 6.89. The second-order valence-corrected chi connectivity index (χ2v) is 10.4. The molecule has 0 fully saturated rings. The Labute approximate surface area is 224 Å². The molecule has 1 aromatic heterocycles. The summed E-state index contributed by atoms with van der Waals surface area (Å²) in [5.41, 5.74) is 5.22. The number of hydrogen-bond donors (Lipinski definition) is 2. The Hall–Kier alpha value is -3.26. The zero-order valence-corrected chi connectivity index (χ0v) is 23.2. The van der Waals surface area contributed by atoms with Crippen molar-refractivity contribution in [1.82, 2.24) is 14.8 Å². The first-order valence-electron chi connectivity index (χ1n) is 13.1. The Morgan fingerprint density at radius 2 is 1.86 bits per heavy atom. The Kier molecular flexibility index (Phi) is 8.92. The van der Waals surface area contributed by atoms with E-state index in [1.807, 2.05) is 67.9 Å². The Morgan fingerprint density at radius 3 is 2.65 bits per heavy atom. The molecule has 2 heterocycles. The second kappa shape index (κ2) is 12.3. The average Bonchev–Trinajstić information content (AvgIpc) is 3.29. The summed E-state index contributed by atoms with van der Waals surface area (Å²) < 4.78 is 8.04. The van der Waals surface area contributed by atoms with Crippen molar-refractivity contribution < 1.29 is 9.53 Å². The largest absolute Gasteiger partial charge is 0.493 e. The van der Waals surface area contributed by atoms with E-state index in [0.29, 0.717) is 23.3 Å². The number of thioether (sulfide) groups is 1. The van der Waals surface area contributed by atoms with Crippen LogP contribution in [0.1, 0.15) is 69.2 Å². The van der Waals surface area contributed by atoms with Crippen LogP contribution in [0.3, 0.4) is 0 Å². The smallest absolute Gasteiger partial charge is 0.255 e. The summed E-state index contributed by atoms with van der Waals surface area (Å²) in [7, 11) is 0. The van der Waals surface area contributed by atoms with Crippen LogP contribution in [0.5, 0.6) is 5.75 Å². The number of anilines is 2. The third-order valence-corrected chi connectivity index (χ3v) is 7.55. The number of carbonyl (C=O) groups is 1. The van der Waals surface area contributed by atoms with Crippen LogP contribution >= 0.6 is 11.8 Å². The molecule has 0 bridgehead atoms. The van der Waals surface area contributed by atoms with Crippen molar-refractivity contribution in [2.24, 2.45) is 0 Å². The number of aromatic nitrogens is 3. The van der Waals surface area contributed by atoms with Crippen LogP contribution in [0.15, 0.2) is 58.9 Å². The van der Waals surface area contributed by atoms with Crippen molar-refractivity contribution in [1.29, 1.82) is 0 Å². The molecule has 1 amide bonds. The first-order chi connectivity index (χ1) is 17.9. The van der Waals surface area contributed by atoms with Gasteiger partial charge in [0.25, 0.3) is 5.91 Å². The molecule has 1 aliphatic heterocycles. The van der Waals surface area contributed by atoms with E-state index in [1.54, 1.807) is 11.8 Å². The quantitative estimate of drug-likeness (QED) is 0.212. The van der Waals surface area contributed by atoms with Crippen LogP contribution in [0.4, 0.5) is 11.6 Å². The third-order valence-electron chi connectivity index (χ3n) is 6.63. The molecule has 0 spiro atoms. The van der Waals surface area contributed by atoms with E-state index in [0.717, 1.165) is 65.3 Å². The molecule has 1 unspecified atom stereocenters. The molecule has 0 saturated heterocycles. The van der Waals surface area contributed by atoms with E-state index < -0.39 is 6.04 Å². The van der Waals surface area contributed by atoms with Crippen LogP contribution in [0.25, 0.3) is 0 Å². The summed E-state index contributed by atoms with van der Waals surface area (Å²) in [6.07, 6.45) is 4.22. The first kappa shape index (κ1) is 26.8. The minimum atomic E-state index is -0.479. The molecule has 2 aromatic carbocycles. The number of rotatable bonds is 11. The normalized spacial score (nSPS) is 14.8. The highest BCUT2D eigenvalue weighted by Crippen LogP contribution is 2.40. The van der Waals surface area contributed by atoms with Crippen molar-refractivity contribution in [2.75, 3.05) is 23.0 Å². The first-order valence-corrected chi connectivity index (χ1v) is 14.1. The highest BCUT2D eigenvalue weighted by molar-refractivity contribution is 7.99. The van der Waals surface area contributed by atoms with Gasteiger partial charge in [0.05, 0.1) is 12.2 Å². The third kappa shape index (κ3) is 6.01. The van der Waals surface area contributed by atoms with Gasteiger partial charge in [-0.3, -0.25) is 4.79 Å². The number of amides is 1. The number of aryl methyl sites for hydroxylation is 1. The lowest BCUT2D eigenvalue weighted by Gasteiger charge is -2.30. The fourth-order valence-corrected chi connectivity index (χ4v) is 5.23. The van der Waals surface area contributed by atoms with E-state index in [-0.39, 0.29) is 5.91 Å². The number of unbranched alkanes of at least 4 members (excludes halogenated alkanes) is 2. The SMILES string of the molecule is CCCCOc1ccccc1C1C(C(=O)Nc2cccc(C)c2C)=C(C)Nc2nc(SCCCC)nn21. The van der Waals surface area contributed by atoms with E-state index in [4.69, 9.17) is 14.8 Å². The molecule has 37 heavy (non-hydrogen) atoms. The molecule has 8 heteroatoms. The molecule has 1 aliphatic rings. The Morgan fingerprint density at radius 1 is 1.08 bits per heavy atom. The maximum absolute atomic E-state index is 13.9. The van der Waals surface area contributed by atoms with Crippen LogP contribution in [-0.4, -0.2) is 33.0 Å². The molecule has 0 aliphatic carbocycles. The van der Waals surface area contributed by atoms with Gasteiger partial charge in [0.2, 0.25) is 11.1 Å². The van der Waals surface area contributed by atoms with Gasteiger partial charge in [-0.05, 0) is 56.9 Å². The predicted molar refractivity (Wildman–Crippen MR) is 152 cm³/mol. The molecular formula is C29H37N5O2S. The topological polar surface area (TPSA) is 81.1 Å². The Balaban J connectivity index is 1.77. The standard InChI is InChI=1S/C29H37N5O2S/c1-6-8-17-36-24-16-11-10-14-22(24)26-25(27(35)31-23-15-12-13-19(3)20(23)4)21(5)30-28-32-29(33-34(26)28)37-18-9-7-2/h10-16,26H,6-9,17-18H2,1-5H3,(H,31,35)(H,30,32,33). The fraction of sp³-hybridized carbons (Fsp3) is 0.414. The van der Waals surface area contributed by atoms with Crippen LogP contribution in [0.2, 0.25) is 0 Å². The molecule has 2 N–H and O–H groups in total. The number of fused-ring (bicyclic) bond motifs is 1. The highest BCUT2D eigenvalue weighted by atomic mass is 32.2. The minimum absolute atomic E-state index is 0.173. The lowest BCUT2D eigenvalue weighted by atomic mass is 9.94. The molecule has 3 aromatic rings. The number of nitrogens with one attached hydrogen (secondary N) is 2. The van der Waals surface area contributed by atoms with Gasteiger partial charge in [-0.1, -0.05) is 68.8 Å². The monoisotopic (exact) mass is 519 g/mol. The number of para-hydroxylation sites is 1. The Bertz CT molecular complexity index is 1280. The summed E-state index contributed by atoms with van der Waals surface area (Å²) in [6.45, 7) is 10.9. The van der Waals surface area contributed by atoms with Gasteiger partial charge in [0.1, 0.15) is 11.8 Å². The van der Waals surface area contributed by atoms with Crippen molar-refractivity contribution in [3.8, 4) is 5.75 Å². The number of benzene rings is 2. The summed E-state index contributed by atoms with van der Waals surface area (Å²) >= 11 is 1.64. The second-order valence-electron chi connectivity index (χ2n) is 9.37. The van der Waals surface area contributed by atoms with Gasteiger partial charge in [0, 0.05) is 22.7 Å². The highest BCUT2D eigenvalue weighted by Gasteiger charge is 2.36. The van der Waals surface area contributed by atoms with Gasteiger partial charge >= 0.3 is 0 Å². The van der Waals surface area contributed by atoms with Gasteiger partial charge < -0.3 is 15.4 Å². The van der Waals surface area contributed by atoms with Crippen molar-refractivity contribution in [3.05, 3.63) is 70.4 Å². The van der Waals surface area contributed by atoms with Crippen molar-refractivity contribution in [3.63, 3.8) is 0 Å². The van der Waals surface area contributed by atoms with E-state index in [2.05, 4.69) is 24.5 Å². The molecule has 0 radical (unpaired) electrons. The van der Waals surface area contributed by atoms with E-state index in [9.17, 15) is 4.79 Å². The summed E-state index contributed by atoms with van der Waals surface area (Å²) in [4.78, 5) is 18.7. The van der Waals surface area contributed by atoms with Gasteiger partial charge in [-0.2, -0.15) is 4.98 Å². The lowest BCUT2D eigenvalue weighted by molar-refractivity contribution is -0.113. The van der Waals surface area contributed by atoms with Gasteiger partial charge in [0.15, 0.2) is 0 Å². The molecular weight excluding hydrogens is 482 g/mol. The molecule has 7 nitrogen and oxygen atoms in total. The number of hydrogen-bond acceptors (Lipinski definition) is 6. The van der Waals surface area contributed by atoms with Gasteiger partial charge in [-0.25, -0.2) is 4.68 Å². The minimum Gasteiger partial charge on any atom is -0.493 e. The number of carbonyl (C=O) groups excluding carboxylic acids is 1. The number of allylic oxidation sites excluding steroid dienone is 1. The maximum atomic E-state index is 13.9. The van der Waals surface area contributed by atoms with E-state index >= 15 is 0 Å². The zero-order chi connectivity index (χ0) is 26.4. The lowest BCUT2D eigenvalue weighted by Crippen LogP contribution is -2.32. The molecule has 0 saturated carbocycles. The average molecular weight is 520 g/mol.